The van der Waals surface area contributed by atoms with Gasteiger partial charge in [0.25, 0.3) is 0 Å². The Hall–Kier alpha value is -1.02. The first-order valence-corrected chi connectivity index (χ1v) is 4.14. The highest BCUT2D eigenvalue weighted by molar-refractivity contribution is 5.53. The fourth-order valence-corrected chi connectivity index (χ4v) is 1.28. The molecule has 0 aromatic heterocycles. The molecule has 0 heterocycles. The van der Waals surface area contributed by atoms with E-state index < -0.39 is 0 Å². The Balaban J connectivity index is 3.09. The lowest BCUT2D eigenvalue weighted by Crippen LogP contribution is -2.15. The van der Waals surface area contributed by atoms with E-state index in [0.717, 1.165) is 0 Å². The summed E-state index contributed by atoms with van der Waals surface area (Å²) in [5.74, 6) is 0. The van der Waals surface area contributed by atoms with Crippen molar-refractivity contribution >= 4 is 5.69 Å². The molecule has 0 spiro atoms. The van der Waals surface area contributed by atoms with Gasteiger partial charge in [0.05, 0.1) is 0 Å². The van der Waals surface area contributed by atoms with Gasteiger partial charge in [-0.05, 0) is 18.6 Å². The van der Waals surface area contributed by atoms with E-state index >= 15 is 0 Å². The van der Waals surface area contributed by atoms with Crippen LogP contribution in [0.1, 0.15) is 18.5 Å². The normalized spacial score (nSPS) is 12.7. The van der Waals surface area contributed by atoms with Gasteiger partial charge in [0.1, 0.15) is 0 Å². The Kier molecular flexibility index (Phi) is 2.71. The second kappa shape index (κ2) is 3.59. The largest absolute Gasteiger partial charge is 0.377 e. The topological polar surface area (TPSA) is 29.3 Å². The van der Waals surface area contributed by atoms with Crippen molar-refractivity contribution < 1.29 is 0 Å². The molecular formula is C10H16N2. The summed E-state index contributed by atoms with van der Waals surface area (Å²) in [5.41, 5.74) is 8.22. The predicted octanol–water partition coefficient (Wildman–Crippen LogP) is 1.77. The van der Waals surface area contributed by atoms with Crippen LogP contribution in [0.2, 0.25) is 0 Å². The van der Waals surface area contributed by atoms with E-state index in [1.54, 1.807) is 0 Å². The monoisotopic (exact) mass is 164 g/mol. The molecule has 0 amide bonds. The average molecular weight is 164 g/mol. The molecule has 2 heteroatoms. The number of hydrogen-bond acceptors (Lipinski definition) is 2. The second-order valence-electron chi connectivity index (χ2n) is 3.24. The van der Waals surface area contributed by atoms with Gasteiger partial charge in [-0.2, -0.15) is 0 Å². The summed E-state index contributed by atoms with van der Waals surface area (Å²) in [4.78, 5) is 2.08. The van der Waals surface area contributed by atoms with Gasteiger partial charge >= 0.3 is 0 Å². The van der Waals surface area contributed by atoms with Crippen molar-refractivity contribution in [3.8, 4) is 0 Å². The third-order valence-corrected chi connectivity index (χ3v) is 1.91. The molecule has 1 aromatic rings. The molecule has 0 aliphatic rings. The number of anilines is 1. The van der Waals surface area contributed by atoms with Crippen molar-refractivity contribution in [3.05, 3.63) is 29.8 Å². The van der Waals surface area contributed by atoms with Gasteiger partial charge < -0.3 is 10.6 Å². The minimum atomic E-state index is 0.101. The van der Waals surface area contributed by atoms with Crippen LogP contribution in [0, 0.1) is 0 Å². The van der Waals surface area contributed by atoms with Crippen molar-refractivity contribution in [2.45, 2.75) is 13.0 Å². The van der Waals surface area contributed by atoms with Gasteiger partial charge in [-0.1, -0.05) is 18.2 Å². The number of nitrogens with zero attached hydrogens (tertiary/aromatic N) is 1. The molecular weight excluding hydrogens is 148 g/mol. The highest BCUT2D eigenvalue weighted by Gasteiger charge is 2.06. The number of rotatable bonds is 2. The smallest absolute Gasteiger partial charge is 0.0409 e. The van der Waals surface area contributed by atoms with Crippen LogP contribution in [0.3, 0.4) is 0 Å². The van der Waals surface area contributed by atoms with Gasteiger partial charge in [-0.15, -0.1) is 0 Å². The van der Waals surface area contributed by atoms with Crippen LogP contribution in [0.5, 0.6) is 0 Å². The Bertz CT molecular complexity index is 227. The first kappa shape index (κ1) is 9.07. The summed E-state index contributed by atoms with van der Waals surface area (Å²) in [6.07, 6.45) is 0. The maximum Gasteiger partial charge on any atom is 0.0409 e. The minimum Gasteiger partial charge on any atom is -0.377 e. The van der Waals surface area contributed by atoms with E-state index in [9.17, 15) is 0 Å². The van der Waals surface area contributed by atoms with Gasteiger partial charge in [0.2, 0.25) is 0 Å². The molecule has 1 aromatic carbocycles. The van der Waals surface area contributed by atoms with Crippen molar-refractivity contribution in [1.82, 2.24) is 0 Å². The summed E-state index contributed by atoms with van der Waals surface area (Å²) in [6.45, 7) is 2.00. The average Bonchev–Trinajstić information content (AvgIpc) is 2.04. The maximum atomic E-state index is 5.83. The van der Waals surface area contributed by atoms with Crippen molar-refractivity contribution in [1.29, 1.82) is 0 Å². The number of para-hydroxylation sites is 1. The minimum absolute atomic E-state index is 0.101. The van der Waals surface area contributed by atoms with E-state index in [1.807, 2.05) is 33.2 Å². The van der Waals surface area contributed by atoms with E-state index in [2.05, 4.69) is 17.0 Å². The van der Waals surface area contributed by atoms with Gasteiger partial charge in [-0.3, -0.25) is 0 Å². The molecule has 1 unspecified atom stereocenters. The molecule has 66 valence electrons. The molecule has 2 N–H and O–H groups in total. The van der Waals surface area contributed by atoms with Crippen molar-refractivity contribution in [2.24, 2.45) is 5.73 Å². The maximum absolute atomic E-state index is 5.83. The third kappa shape index (κ3) is 1.77. The highest BCUT2D eigenvalue weighted by atomic mass is 15.1. The Morgan fingerprint density at radius 1 is 1.25 bits per heavy atom. The lowest BCUT2D eigenvalue weighted by atomic mass is 10.1. The highest BCUT2D eigenvalue weighted by Crippen LogP contribution is 2.22. The van der Waals surface area contributed by atoms with Crippen LogP contribution < -0.4 is 10.6 Å². The van der Waals surface area contributed by atoms with Crippen LogP contribution >= 0.6 is 0 Å². The Morgan fingerprint density at radius 3 is 2.25 bits per heavy atom. The summed E-state index contributed by atoms with van der Waals surface area (Å²) in [5, 5.41) is 0. The SMILES string of the molecule is CC(N)c1ccccc1N(C)C. The van der Waals surface area contributed by atoms with Crippen molar-refractivity contribution in [3.63, 3.8) is 0 Å². The summed E-state index contributed by atoms with van der Waals surface area (Å²) in [6, 6.07) is 8.30. The number of benzene rings is 1. The van der Waals surface area contributed by atoms with E-state index in [0.29, 0.717) is 0 Å². The van der Waals surface area contributed by atoms with Crippen LogP contribution in [0.4, 0.5) is 5.69 Å². The van der Waals surface area contributed by atoms with E-state index in [1.165, 1.54) is 11.3 Å². The molecule has 0 saturated heterocycles. The first-order valence-electron chi connectivity index (χ1n) is 4.14. The van der Waals surface area contributed by atoms with Crippen LogP contribution in [0.15, 0.2) is 24.3 Å². The van der Waals surface area contributed by atoms with Gasteiger partial charge in [0.15, 0.2) is 0 Å². The van der Waals surface area contributed by atoms with Gasteiger partial charge in [0, 0.05) is 25.8 Å². The summed E-state index contributed by atoms with van der Waals surface area (Å²) >= 11 is 0. The van der Waals surface area contributed by atoms with Crippen LogP contribution in [0.25, 0.3) is 0 Å². The molecule has 0 aliphatic carbocycles. The number of nitrogens with two attached hydrogens (primary N) is 1. The molecule has 0 saturated carbocycles. The Labute approximate surface area is 74.0 Å². The molecule has 0 aliphatic heterocycles. The molecule has 12 heavy (non-hydrogen) atoms. The fourth-order valence-electron chi connectivity index (χ4n) is 1.28. The zero-order valence-electron chi connectivity index (χ0n) is 7.91. The second-order valence-corrected chi connectivity index (χ2v) is 3.24. The van der Waals surface area contributed by atoms with Crippen molar-refractivity contribution in [2.75, 3.05) is 19.0 Å². The molecule has 1 rings (SSSR count). The zero-order valence-corrected chi connectivity index (χ0v) is 7.91. The van der Waals surface area contributed by atoms with E-state index in [4.69, 9.17) is 5.73 Å². The third-order valence-electron chi connectivity index (χ3n) is 1.91. The lowest BCUT2D eigenvalue weighted by molar-refractivity contribution is 0.813. The standard InChI is InChI=1S/C10H16N2/c1-8(11)9-6-4-5-7-10(9)12(2)3/h4-8H,11H2,1-3H3. The molecule has 0 fully saturated rings. The lowest BCUT2D eigenvalue weighted by Gasteiger charge is -2.19. The van der Waals surface area contributed by atoms with Crippen LogP contribution in [-0.2, 0) is 0 Å². The Morgan fingerprint density at radius 2 is 1.83 bits per heavy atom. The molecule has 0 radical (unpaired) electrons. The summed E-state index contributed by atoms with van der Waals surface area (Å²) in [7, 11) is 4.06. The zero-order chi connectivity index (χ0) is 9.14. The molecule has 0 bridgehead atoms. The predicted molar refractivity (Wildman–Crippen MR) is 53.4 cm³/mol. The number of hydrogen-bond donors (Lipinski definition) is 1. The quantitative estimate of drug-likeness (QED) is 0.721. The first-order chi connectivity index (χ1) is 5.63. The molecule has 1 atom stereocenters. The summed E-state index contributed by atoms with van der Waals surface area (Å²) < 4.78 is 0. The fraction of sp³-hybridized carbons (Fsp3) is 0.400. The van der Waals surface area contributed by atoms with Gasteiger partial charge in [-0.25, -0.2) is 0 Å². The molecule has 2 nitrogen and oxygen atoms in total. The van der Waals surface area contributed by atoms with Crippen LogP contribution in [-0.4, -0.2) is 14.1 Å². The van der Waals surface area contributed by atoms with E-state index in [-0.39, 0.29) is 6.04 Å².